The Hall–Kier alpha value is -4.94. The first-order chi connectivity index (χ1) is 22.1. The van der Waals surface area contributed by atoms with Gasteiger partial charge in [0.15, 0.2) is 0 Å². The number of carbonyl (C=O) groups is 4. The van der Waals surface area contributed by atoms with E-state index in [0.717, 1.165) is 37.3 Å². The quantitative estimate of drug-likeness (QED) is 0.222. The molecular formula is C34H42N6O6. The number of aryl methyl sites for hydroxylation is 1. The minimum absolute atomic E-state index is 0.0169. The molecule has 0 saturated carbocycles. The molecule has 0 bridgehead atoms. The lowest BCUT2D eigenvalue weighted by atomic mass is 10.0. The van der Waals surface area contributed by atoms with Crippen LogP contribution in [0.5, 0.6) is 5.75 Å². The highest BCUT2D eigenvalue weighted by Gasteiger charge is 2.22. The molecule has 1 fully saturated rings. The minimum Gasteiger partial charge on any atom is -0.495 e. The number of esters is 1. The van der Waals surface area contributed by atoms with E-state index in [-0.39, 0.29) is 31.2 Å². The molecule has 1 aliphatic rings. The molecule has 1 atom stereocenters. The molecule has 1 heterocycles. The molecule has 0 aliphatic carbocycles. The first-order valence-electron chi connectivity index (χ1n) is 15.1. The number of rotatable bonds is 12. The zero-order valence-corrected chi connectivity index (χ0v) is 26.7. The van der Waals surface area contributed by atoms with Crippen molar-refractivity contribution in [1.29, 1.82) is 0 Å². The Kier molecular flexibility index (Phi) is 12.1. The van der Waals surface area contributed by atoms with Gasteiger partial charge >= 0.3 is 12.0 Å². The van der Waals surface area contributed by atoms with Crippen LogP contribution in [0.4, 0.5) is 21.9 Å². The van der Waals surface area contributed by atoms with Gasteiger partial charge in [-0.15, -0.1) is 0 Å². The van der Waals surface area contributed by atoms with Crippen LogP contribution in [0.15, 0.2) is 66.7 Å². The van der Waals surface area contributed by atoms with Crippen LogP contribution in [0.2, 0.25) is 0 Å². The van der Waals surface area contributed by atoms with Gasteiger partial charge in [0.05, 0.1) is 45.3 Å². The van der Waals surface area contributed by atoms with Crippen molar-refractivity contribution in [1.82, 2.24) is 15.1 Å². The van der Waals surface area contributed by atoms with E-state index < -0.39 is 18.0 Å². The molecule has 244 valence electrons. The molecule has 46 heavy (non-hydrogen) atoms. The second-order valence-corrected chi connectivity index (χ2v) is 11.3. The van der Waals surface area contributed by atoms with Crippen molar-refractivity contribution in [2.75, 3.05) is 69.9 Å². The third-order valence-corrected chi connectivity index (χ3v) is 7.77. The molecule has 4 amide bonds. The molecular weight excluding hydrogens is 588 g/mol. The lowest BCUT2D eigenvalue weighted by Crippen LogP contribution is -2.48. The van der Waals surface area contributed by atoms with E-state index in [0.29, 0.717) is 28.4 Å². The summed E-state index contributed by atoms with van der Waals surface area (Å²) < 4.78 is 10.3. The van der Waals surface area contributed by atoms with Crippen molar-refractivity contribution < 1.29 is 28.7 Å². The van der Waals surface area contributed by atoms with Gasteiger partial charge in [0.1, 0.15) is 5.75 Å². The van der Waals surface area contributed by atoms with Crippen molar-refractivity contribution in [3.8, 4) is 5.75 Å². The van der Waals surface area contributed by atoms with Crippen LogP contribution in [-0.4, -0.2) is 87.6 Å². The van der Waals surface area contributed by atoms with Crippen LogP contribution in [-0.2, 0) is 25.5 Å². The van der Waals surface area contributed by atoms with Gasteiger partial charge in [0.25, 0.3) is 0 Å². The molecule has 1 unspecified atom stereocenters. The summed E-state index contributed by atoms with van der Waals surface area (Å²) >= 11 is 0. The van der Waals surface area contributed by atoms with E-state index in [1.807, 2.05) is 31.2 Å². The molecule has 12 nitrogen and oxygen atoms in total. The molecule has 3 aromatic carbocycles. The number of anilines is 3. The smallest absolute Gasteiger partial charge is 0.323 e. The zero-order chi connectivity index (χ0) is 33.1. The number of methoxy groups -OCH3 is 2. The van der Waals surface area contributed by atoms with Gasteiger partial charge in [-0.25, -0.2) is 4.79 Å². The number of para-hydroxylation sites is 1. The van der Waals surface area contributed by atoms with E-state index >= 15 is 0 Å². The SMILES string of the molecule is COC(=O)CC(NC(=O)CN1CCN(C)CC1)c1ccc(NC(=O)Cc2ccc(NC(=O)Nc3ccccc3C)c(OC)c2)cc1. The Morgan fingerprint density at radius 2 is 1.52 bits per heavy atom. The maximum Gasteiger partial charge on any atom is 0.323 e. The molecule has 4 N–H and O–H groups in total. The molecule has 3 aromatic rings. The van der Waals surface area contributed by atoms with Crippen LogP contribution < -0.4 is 26.0 Å². The van der Waals surface area contributed by atoms with Crippen molar-refractivity contribution >= 4 is 40.9 Å². The van der Waals surface area contributed by atoms with Crippen LogP contribution in [0.3, 0.4) is 0 Å². The number of likely N-dealkylation sites (N-methyl/N-ethyl adjacent to an activating group) is 1. The summed E-state index contributed by atoms with van der Waals surface area (Å²) in [6.45, 7) is 5.56. The summed E-state index contributed by atoms with van der Waals surface area (Å²) in [6, 6.07) is 18.6. The fourth-order valence-corrected chi connectivity index (χ4v) is 5.08. The maximum absolute atomic E-state index is 12.9. The van der Waals surface area contributed by atoms with Crippen molar-refractivity contribution in [2.24, 2.45) is 0 Å². The Bertz CT molecular complexity index is 1520. The average Bonchev–Trinajstić information content (AvgIpc) is 3.04. The highest BCUT2D eigenvalue weighted by Crippen LogP contribution is 2.27. The van der Waals surface area contributed by atoms with Crippen molar-refractivity contribution in [2.45, 2.75) is 25.8 Å². The fourth-order valence-electron chi connectivity index (χ4n) is 5.08. The maximum atomic E-state index is 12.9. The van der Waals surface area contributed by atoms with Gasteiger partial charge in [0, 0.05) is 37.6 Å². The number of nitrogens with zero attached hydrogens (tertiary/aromatic N) is 2. The Labute approximate surface area is 269 Å². The summed E-state index contributed by atoms with van der Waals surface area (Å²) in [6.07, 6.45) is 0.0536. The van der Waals surface area contributed by atoms with E-state index in [2.05, 4.69) is 38.1 Å². The van der Waals surface area contributed by atoms with Gasteiger partial charge in [-0.2, -0.15) is 0 Å². The number of nitrogens with one attached hydrogen (secondary N) is 4. The van der Waals surface area contributed by atoms with Crippen molar-refractivity contribution in [3.63, 3.8) is 0 Å². The summed E-state index contributed by atoms with van der Waals surface area (Å²) in [5.74, 6) is -0.439. The predicted molar refractivity (Wildman–Crippen MR) is 177 cm³/mol. The Morgan fingerprint density at radius 3 is 2.20 bits per heavy atom. The molecule has 0 spiro atoms. The first kappa shape index (κ1) is 33.9. The Balaban J connectivity index is 1.33. The number of hydrogen-bond donors (Lipinski definition) is 4. The van der Waals surface area contributed by atoms with Gasteiger partial charge in [-0.3, -0.25) is 19.3 Å². The summed E-state index contributed by atoms with van der Waals surface area (Å²) in [5, 5.41) is 11.4. The molecule has 1 saturated heterocycles. The second kappa shape index (κ2) is 16.4. The van der Waals surface area contributed by atoms with Gasteiger partial charge in [0.2, 0.25) is 11.8 Å². The molecule has 0 radical (unpaired) electrons. The predicted octanol–water partition coefficient (Wildman–Crippen LogP) is 3.80. The first-order valence-corrected chi connectivity index (χ1v) is 15.1. The number of piperazine rings is 1. The van der Waals surface area contributed by atoms with Gasteiger partial charge in [-0.05, 0) is 61.0 Å². The lowest BCUT2D eigenvalue weighted by Gasteiger charge is -2.32. The van der Waals surface area contributed by atoms with Crippen LogP contribution >= 0.6 is 0 Å². The summed E-state index contributed by atoms with van der Waals surface area (Å²) in [5.41, 5.74) is 4.07. The average molecular weight is 631 g/mol. The van der Waals surface area contributed by atoms with E-state index in [1.165, 1.54) is 14.2 Å². The fraction of sp³-hybridized carbons (Fsp3) is 0.353. The van der Waals surface area contributed by atoms with Crippen molar-refractivity contribution in [3.05, 3.63) is 83.4 Å². The lowest BCUT2D eigenvalue weighted by molar-refractivity contribution is -0.141. The van der Waals surface area contributed by atoms with Crippen LogP contribution in [0.1, 0.15) is 29.2 Å². The minimum atomic E-state index is -0.574. The number of urea groups is 1. The molecule has 0 aromatic heterocycles. The van der Waals surface area contributed by atoms with Gasteiger partial charge < -0.3 is 35.6 Å². The number of ether oxygens (including phenoxy) is 2. The monoisotopic (exact) mass is 630 g/mol. The van der Waals surface area contributed by atoms with E-state index in [9.17, 15) is 19.2 Å². The highest BCUT2D eigenvalue weighted by molar-refractivity contribution is 6.01. The second-order valence-electron chi connectivity index (χ2n) is 11.3. The highest BCUT2D eigenvalue weighted by atomic mass is 16.5. The molecule has 4 rings (SSSR count). The normalized spacial score (nSPS) is 14.1. The van der Waals surface area contributed by atoms with Crippen LogP contribution in [0, 0.1) is 6.92 Å². The number of carbonyl (C=O) groups excluding carboxylic acids is 4. The molecule has 1 aliphatic heterocycles. The number of amides is 4. The summed E-state index contributed by atoms with van der Waals surface area (Å²) in [7, 11) is 4.86. The molecule has 12 heteroatoms. The number of hydrogen-bond acceptors (Lipinski definition) is 8. The van der Waals surface area contributed by atoms with E-state index in [4.69, 9.17) is 9.47 Å². The standard InChI is InChI=1S/C34H42N6O6/c1-23-7-5-6-8-27(23)37-34(44)38-28-14-9-24(19-30(28)45-3)20-31(41)35-26-12-10-25(11-13-26)29(21-33(43)46-4)36-32(42)22-40-17-15-39(2)16-18-40/h5-14,19,29H,15-18,20-22H2,1-4H3,(H,35,41)(H,36,42)(H2,37,38,44). The third-order valence-electron chi connectivity index (χ3n) is 7.77. The number of benzene rings is 3. The van der Waals surface area contributed by atoms with E-state index in [1.54, 1.807) is 42.5 Å². The zero-order valence-electron chi connectivity index (χ0n) is 26.7. The van der Waals surface area contributed by atoms with Gasteiger partial charge in [-0.1, -0.05) is 36.4 Å². The summed E-state index contributed by atoms with van der Waals surface area (Å²) in [4.78, 5) is 54.7. The third kappa shape index (κ3) is 10.0. The Morgan fingerprint density at radius 1 is 0.826 bits per heavy atom. The van der Waals surface area contributed by atoms with Crippen LogP contribution in [0.25, 0.3) is 0 Å². The largest absolute Gasteiger partial charge is 0.495 e. The topological polar surface area (TPSA) is 141 Å².